The molecule has 0 spiro atoms. The molecule has 3 heterocycles. The molecule has 0 saturated carbocycles. The van der Waals surface area contributed by atoms with Crippen molar-refractivity contribution in [2.45, 2.75) is 33.6 Å². The average molecular weight is 402 g/mol. The first-order valence-electron chi connectivity index (χ1n) is 8.31. The van der Waals surface area contributed by atoms with Crippen LogP contribution in [0.5, 0.6) is 0 Å². The molecule has 6 heteroatoms. The van der Waals surface area contributed by atoms with Crippen LogP contribution in [0.15, 0.2) is 35.1 Å². The van der Waals surface area contributed by atoms with Crippen molar-refractivity contribution in [2.24, 2.45) is 0 Å². The number of carbonyl (C=O) groups is 1. The zero-order valence-electron chi connectivity index (χ0n) is 14.5. The van der Waals surface area contributed by atoms with Crippen molar-refractivity contribution < 1.29 is 9.53 Å². The Morgan fingerprint density at radius 3 is 2.76 bits per heavy atom. The second-order valence-corrected chi connectivity index (χ2v) is 6.70. The van der Waals surface area contributed by atoms with Gasteiger partial charge in [0, 0.05) is 33.7 Å². The van der Waals surface area contributed by atoms with Crippen LogP contribution in [0.1, 0.15) is 30.8 Å². The first kappa shape index (κ1) is 17.6. The summed E-state index contributed by atoms with van der Waals surface area (Å²) in [6.07, 6.45) is 4.63. The van der Waals surface area contributed by atoms with Crippen LogP contribution in [0.3, 0.4) is 0 Å². The lowest BCUT2D eigenvalue weighted by Crippen LogP contribution is -2.13. The number of aryl methyl sites for hydroxylation is 2. The quantitative estimate of drug-likeness (QED) is 0.602. The van der Waals surface area contributed by atoms with E-state index < -0.39 is 0 Å². The van der Waals surface area contributed by atoms with E-state index >= 15 is 0 Å². The molecule has 3 aromatic rings. The monoisotopic (exact) mass is 401 g/mol. The van der Waals surface area contributed by atoms with Crippen LogP contribution in [0.4, 0.5) is 0 Å². The van der Waals surface area contributed by atoms with Crippen molar-refractivity contribution in [3.63, 3.8) is 0 Å². The molecule has 0 aliphatic rings. The van der Waals surface area contributed by atoms with E-state index in [4.69, 9.17) is 9.84 Å². The Bertz CT molecular complexity index is 934. The molecule has 0 aromatic carbocycles. The van der Waals surface area contributed by atoms with Gasteiger partial charge in [-0.2, -0.15) is 5.10 Å². The van der Waals surface area contributed by atoms with E-state index in [0.717, 1.165) is 44.5 Å². The number of rotatable bonds is 5. The van der Waals surface area contributed by atoms with Gasteiger partial charge in [-0.15, -0.1) is 0 Å². The predicted molar refractivity (Wildman–Crippen MR) is 101 cm³/mol. The fourth-order valence-corrected chi connectivity index (χ4v) is 3.40. The van der Waals surface area contributed by atoms with Crippen molar-refractivity contribution in [2.75, 3.05) is 6.61 Å². The third-order valence-corrected chi connectivity index (χ3v) is 4.59. The van der Waals surface area contributed by atoms with Gasteiger partial charge in [0.15, 0.2) is 0 Å². The van der Waals surface area contributed by atoms with Gasteiger partial charge in [-0.05, 0) is 60.0 Å². The Labute approximate surface area is 155 Å². The third-order valence-electron chi connectivity index (χ3n) is 4.16. The van der Waals surface area contributed by atoms with Gasteiger partial charge in [0.2, 0.25) is 0 Å². The van der Waals surface area contributed by atoms with E-state index in [1.807, 2.05) is 30.6 Å². The van der Waals surface area contributed by atoms with Crippen LogP contribution in [0, 0.1) is 6.92 Å². The summed E-state index contributed by atoms with van der Waals surface area (Å²) in [7, 11) is 0. The lowest BCUT2D eigenvalue weighted by atomic mass is 9.98. The molecule has 0 aliphatic heterocycles. The molecular formula is C19H20BrN3O2. The first-order chi connectivity index (χ1) is 12.0. The fourth-order valence-electron chi connectivity index (χ4n) is 3.04. The molecule has 0 saturated heterocycles. The molecule has 130 valence electrons. The van der Waals surface area contributed by atoms with Crippen LogP contribution < -0.4 is 0 Å². The highest BCUT2D eigenvalue weighted by Gasteiger charge is 2.19. The maximum Gasteiger partial charge on any atom is 0.310 e. The SMILES string of the molecule is CCOC(=O)Cc1c(C)nn2c(CC)ccc2c1-c1cncc(Br)c1. The molecule has 0 aliphatic carbocycles. The maximum atomic E-state index is 12.1. The topological polar surface area (TPSA) is 56.5 Å². The standard InChI is InChI=1S/C19H20BrN3O2/c1-4-15-6-7-17-19(13-8-14(20)11-21-10-13)16(9-18(24)25-5-2)12(3)22-23(15)17/h6-8,10-11H,4-5,9H2,1-3H3. The summed E-state index contributed by atoms with van der Waals surface area (Å²) in [4.78, 5) is 16.4. The minimum absolute atomic E-state index is 0.192. The van der Waals surface area contributed by atoms with E-state index in [9.17, 15) is 4.79 Å². The summed E-state index contributed by atoms with van der Waals surface area (Å²) in [5.74, 6) is -0.247. The highest BCUT2D eigenvalue weighted by molar-refractivity contribution is 9.10. The predicted octanol–water partition coefficient (Wildman–Crippen LogP) is 4.14. The van der Waals surface area contributed by atoms with Crippen LogP contribution in [0.25, 0.3) is 16.6 Å². The molecule has 0 fully saturated rings. The Morgan fingerprint density at radius 2 is 2.08 bits per heavy atom. The molecule has 0 atom stereocenters. The van der Waals surface area contributed by atoms with Crippen LogP contribution in [0.2, 0.25) is 0 Å². The largest absolute Gasteiger partial charge is 0.466 e. The summed E-state index contributed by atoms with van der Waals surface area (Å²) in [5, 5.41) is 4.70. The number of carbonyl (C=O) groups excluding carboxylic acids is 1. The average Bonchev–Trinajstić information content (AvgIpc) is 2.98. The van der Waals surface area contributed by atoms with Gasteiger partial charge < -0.3 is 4.74 Å². The van der Waals surface area contributed by atoms with E-state index in [1.165, 1.54) is 0 Å². The lowest BCUT2D eigenvalue weighted by Gasteiger charge is -2.15. The van der Waals surface area contributed by atoms with Gasteiger partial charge in [-0.3, -0.25) is 9.78 Å². The molecular weight excluding hydrogens is 382 g/mol. The van der Waals surface area contributed by atoms with Crippen molar-refractivity contribution in [1.82, 2.24) is 14.6 Å². The molecule has 5 nitrogen and oxygen atoms in total. The minimum Gasteiger partial charge on any atom is -0.466 e. The number of aromatic nitrogens is 3. The van der Waals surface area contributed by atoms with E-state index in [0.29, 0.717) is 6.61 Å². The summed E-state index contributed by atoms with van der Waals surface area (Å²) in [5.41, 5.74) is 5.73. The van der Waals surface area contributed by atoms with Crippen LogP contribution in [-0.2, 0) is 22.4 Å². The van der Waals surface area contributed by atoms with Gasteiger partial charge in [0.1, 0.15) is 0 Å². The highest BCUT2D eigenvalue weighted by Crippen LogP contribution is 2.32. The molecule has 25 heavy (non-hydrogen) atoms. The minimum atomic E-state index is -0.247. The Balaban J connectivity index is 2.28. The van der Waals surface area contributed by atoms with Crippen molar-refractivity contribution in [1.29, 1.82) is 0 Å². The molecule has 0 unspecified atom stereocenters. The summed E-state index contributed by atoms with van der Waals surface area (Å²) >= 11 is 3.48. The number of esters is 1. The third kappa shape index (κ3) is 3.44. The first-order valence-corrected chi connectivity index (χ1v) is 9.11. The Hall–Kier alpha value is -2.21. The van der Waals surface area contributed by atoms with Gasteiger partial charge in [0.05, 0.1) is 24.2 Å². The number of halogens is 1. The summed E-state index contributed by atoms with van der Waals surface area (Å²) < 4.78 is 8.00. The van der Waals surface area contributed by atoms with Crippen LogP contribution >= 0.6 is 15.9 Å². The fraction of sp³-hybridized carbons (Fsp3) is 0.316. The van der Waals surface area contributed by atoms with Gasteiger partial charge in [-0.25, -0.2) is 4.52 Å². The number of fused-ring (bicyclic) bond motifs is 1. The summed E-state index contributed by atoms with van der Waals surface area (Å²) in [6, 6.07) is 6.13. The van der Waals surface area contributed by atoms with Gasteiger partial charge >= 0.3 is 5.97 Å². The normalized spacial score (nSPS) is 11.0. The molecule has 0 N–H and O–H groups in total. The Morgan fingerprint density at radius 1 is 1.28 bits per heavy atom. The van der Waals surface area contributed by atoms with Crippen molar-refractivity contribution >= 4 is 27.4 Å². The highest BCUT2D eigenvalue weighted by atomic mass is 79.9. The van der Waals surface area contributed by atoms with E-state index in [-0.39, 0.29) is 12.4 Å². The van der Waals surface area contributed by atoms with Crippen LogP contribution in [-0.4, -0.2) is 27.2 Å². The molecule has 0 radical (unpaired) electrons. The van der Waals surface area contributed by atoms with E-state index in [2.05, 4.69) is 40.0 Å². The second-order valence-electron chi connectivity index (χ2n) is 5.79. The summed E-state index contributed by atoms with van der Waals surface area (Å²) in [6.45, 7) is 6.21. The maximum absolute atomic E-state index is 12.1. The second kappa shape index (κ2) is 7.35. The van der Waals surface area contributed by atoms with Gasteiger partial charge in [0.25, 0.3) is 0 Å². The van der Waals surface area contributed by atoms with Crippen molar-refractivity contribution in [3.8, 4) is 11.1 Å². The van der Waals surface area contributed by atoms with Crippen molar-refractivity contribution in [3.05, 3.63) is 52.0 Å². The number of ether oxygens (including phenoxy) is 1. The zero-order chi connectivity index (χ0) is 18.0. The molecule has 0 amide bonds. The Kier molecular flexibility index (Phi) is 5.18. The number of nitrogens with zero attached hydrogens (tertiary/aromatic N) is 3. The molecule has 3 aromatic heterocycles. The smallest absolute Gasteiger partial charge is 0.310 e. The van der Waals surface area contributed by atoms with Gasteiger partial charge in [-0.1, -0.05) is 6.92 Å². The molecule has 3 rings (SSSR count). The zero-order valence-corrected chi connectivity index (χ0v) is 16.1. The number of pyridine rings is 1. The molecule has 0 bridgehead atoms. The number of hydrogen-bond donors (Lipinski definition) is 0. The lowest BCUT2D eigenvalue weighted by molar-refractivity contribution is -0.142. The number of hydrogen-bond acceptors (Lipinski definition) is 4. The van der Waals surface area contributed by atoms with E-state index in [1.54, 1.807) is 6.20 Å².